The summed E-state index contributed by atoms with van der Waals surface area (Å²) in [5, 5.41) is 21.5. The summed E-state index contributed by atoms with van der Waals surface area (Å²) in [5.74, 6) is -0.307. The minimum atomic E-state index is -0.537. The van der Waals surface area contributed by atoms with Gasteiger partial charge >= 0.3 is 0 Å². The second-order valence-corrected chi connectivity index (χ2v) is 9.44. The molecule has 0 amide bonds. The minimum Gasteiger partial charge on any atom is -0.507 e. The molecular weight excluding hydrogens is 472 g/mol. The van der Waals surface area contributed by atoms with Gasteiger partial charge in [-0.2, -0.15) is 0 Å². The monoisotopic (exact) mass is 494 g/mol. The van der Waals surface area contributed by atoms with Crippen LogP contribution in [0, 0.1) is 0 Å². The number of ketones is 2. The molecule has 0 aromatic heterocycles. The highest BCUT2D eigenvalue weighted by atomic mass is 32.2. The van der Waals surface area contributed by atoms with Crippen LogP contribution in [0.2, 0.25) is 0 Å². The van der Waals surface area contributed by atoms with Crippen LogP contribution in [0.5, 0.6) is 23.0 Å². The molecule has 0 radical (unpaired) electrons. The first-order valence-electron chi connectivity index (χ1n) is 10.6. The van der Waals surface area contributed by atoms with Crippen LogP contribution in [-0.2, 0) is 0 Å². The quantitative estimate of drug-likeness (QED) is 0.363. The number of fused-ring (bicyclic) bond motifs is 1. The van der Waals surface area contributed by atoms with E-state index < -0.39 is 11.6 Å². The molecule has 34 heavy (non-hydrogen) atoms. The van der Waals surface area contributed by atoms with Crippen molar-refractivity contribution in [1.29, 1.82) is 0 Å². The van der Waals surface area contributed by atoms with E-state index in [0.29, 0.717) is 24.7 Å². The molecule has 3 aromatic carbocycles. The summed E-state index contributed by atoms with van der Waals surface area (Å²) >= 11 is 2.29. The summed E-state index contributed by atoms with van der Waals surface area (Å²) in [5.41, 5.74) is -0.371. The van der Waals surface area contributed by atoms with Gasteiger partial charge in [0.2, 0.25) is 5.78 Å². The highest BCUT2D eigenvalue weighted by Crippen LogP contribution is 2.46. The normalized spacial score (nSPS) is 12.8. The number of carbonyl (C=O) groups is 2. The highest BCUT2D eigenvalue weighted by Gasteiger charge is 2.33. The first-order chi connectivity index (χ1) is 16.4. The Morgan fingerprint density at radius 2 is 1.29 bits per heavy atom. The van der Waals surface area contributed by atoms with Crippen molar-refractivity contribution in [2.24, 2.45) is 0 Å². The van der Waals surface area contributed by atoms with Crippen LogP contribution < -0.4 is 9.47 Å². The minimum absolute atomic E-state index is 0.170. The topological polar surface area (TPSA) is 93.1 Å². The number of phenolic OH excluding ortho intramolecular Hbond substituents is 2. The van der Waals surface area contributed by atoms with E-state index >= 15 is 0 Å². The Balaban J connectivity index is 1.60. The van der Waals surface area contributed by atoms with Gasteiger partial charge in [-0.1, -0.05) is 23.5 Å². The van der Waals surface area contributed by atoms with Gasteiger partial charge in [-0.05, 0) is 68.4 Å². The van der Waals surface area contributed by atoms with Crippen molar-refractivity contribution in [1.82, 2.24) is 0 Å². The Kier molecular flexibility index (Phi) is 7.19. The predicted octanol–water partition coefficient (Wildman–Crippen LogP) is 6.10. The van der Waals surface area contributed by atoms with E-state index in [2.05, 4.69) is 0 Å². The largest absolute Gasteiger partial charge is 0.507 e. The smallest absolute Gasteiger partial charge is 0.204 e. The lowest BCUT2D eigenvalue weighted by Crippen LogP contribution is -2.16. The zero-order valence-corrected chi connectivity index (χ0v) is 20.2. The Bertz CT molecular complexity index is 1260. The van der Waals surface area contributed by atoms with E-state index in [0.717, 1.165) is 21.6 Å². The fourth-order valence-corrected chi connectivity index (χ4v) is 5.22. The van der Waals surface area contributed by atoms with E-state index in [1.165, 1.54) is 23.9 Å². The molecule has 4 rings (SSSR count). The lowest BCUT2D eigenvalue weighted by molar-refractivity contribution is 0.0986. The molecular formula is C26H22O6S2. The number of carbonyl (C=O) groups excluding carboxylic acids is 2. The fourth-order valence-electron chi connectivity index (χ4n) is 3.43. The maximum Gasteiger partial charge on any atom is 0.204 e. The number of hydrogen-bond donors (Lipinski definition) is 2. The predicted molar refractivity (Wildman–Crippen MR) is 132 cm³/mol. The van der Waals surface area contributed by atoms with Crippen LogP contribution in [0.4, 0.5) is 0 Å². The van der Waals surface area contributed by atoms with Crippen molar-refractivity contribution in [2.45, 2.75) is 28.5 Å². The Labute approximate surface area is 205 Å². The molecule has 0 saturated carbocycles. The fraction of sp³-hybridized carbons (Fsp3) is 0.154. The van der Waals surface area contributed by atoms with Gasteiger partial charge in [0.25, 0.3) is 0 Å². The number of allylic oxidation sites excluding steroid dienone is 2. The third-order valence-corrected chi connectivity index (χ3v) is 7.00. The second-order valence-electron chi connectivity index (χ2n) is 7.21. The number of aromatic hydroxyl groups is 2. The number of benzene rings is 3. The average molecular weight is 495 g/mol. The molecule has 0 fully saturated rings. The van der Waals surface area contributed by atoms with Crippen molar-refractivity contribution in [2.75, 3.05) is 13.2 Å². The van der Waals surface area contributed by atoms with Gasteiger partial charge in [-0.15, -0.1) is 0 Å². The van der Waals surface area contributed by atoms with Crippen LogP contribution in [-0.4, -0.2) is 35.0 Å². The van der Waals surface area contributed by atoms with Gasteiger partial charge in [0, 0.05) is 15.9 Å². The number of rotatable bonds is 8. The Morgan fingerprint density at radius 1 is 0.765 bits per heavy atom. The lowest BCUT2D eigenvalue weighted by Gasteiger charge is -2.19. The number of ether oxygens (including phenoxy) is 2. The van der Waals surface area contributed by atoms with Crippen LogP contribution in [0.25, 0.3) is 0 Å². The zero-order chi connectivity index (χ0) is 24.2. The zero-order valence-electron chi connectivity index (χ0n) is 18.5. The molecule has 0 bridgehead atoms. The van der Waals surface area contributed by atoms with E-state index in [-0.39, 0.29) is 32.4 Å². The molecule has 0 heterocycles. The molecule has 8 heteroatoms. The number of phenols is 2. The summed E-state index contributed by atoms with van der Waals surface area (Å²) in [6, 6.07) is 15.7. The molecule has 0 saturated heterocycles. The summed E-state index contributed by atoms with van der Waals surface area (Å²) < 4.78 is 10.8. The lowest BCUT2D eigenvalue weighted by atomic mass is 9.93. The van der Waals surface area contributed by atoms with E-state index in [1.807, 2.05) is 26.0 Å². The third-order valence-electron chi connectivity index (χ3n) is 4.93. The first kappa shape index (κ1) is 23.8. The van der Waals surface area contributed by atoms with Crippen molar-refractivity contribution < 1.29 is 29.3 Å². The van der Waals surface area contributed by atoms with Crippen molar-refractivity contribution >= 4 is 35.1 Å². The standard InChI is InChI=1S/C26H22O6S2/c1-3-31-15-5-9-17(10-6-15)33-21-13-19(27)24-23(25(21)29)20(28)14-22(26(24)30)34-18-11-7-16(8-12-18)32-4-2/h5-14,27,29H,3-4H2,1-2H3. The number of thioether (sulfide) groups is 1. The van der Waals surface area contributed by atoms with Crippen molar-refractivity contribution in [3.05, 3.63) is 76.7 Å². The average Bonchev–Trinajstić information content (AvgIpc) is 2.82. The summed E-state index contributed by atoms with van der Waals surface area (Å²) in [6.45, 7) is 4.88. The van der Waals surface area contributed by atoms with Gasteiger partial charge < -0.3 is 19.7 Å². The van der Waals surface area contributed by atoms with Gasteiger partial charge in [-0.25, -0.2) is 0 Å². The van der Waals surface area contributed by atoms with E-state index in [1.54, 1.807) is 36.4 Å². The van der Waals surface area contributed by atoms with E-state index in [4.69, 9.17) is 9.47 Å². The molecule has 3 aromatic rings. The van der Waals surface area contributed by atoms with Crippen LogP contribution in [0.15, 0.2) is 80.3 Å². The van der Waals surface area contributed by atoms with Gasteiger partial charge in [0.1, 0.15) is 23.0 Å². The van der Waals surface area contributed by atoms with Crippen molar-refractivity contribution in [3.8, 4) is 23.0 Å². The first-order valence-corrected chi connectivity index (χ1v) is 12.3. The molecule has 2 N–H and O–H groups in total. The van der Waals surface area contributed by atoms with Gasteiger partial charge in [0.05, 0.1) is 34.1 Å². The summed E-state index contributed by atoms with van der Waals surface area (Å²) in [7, 11) is 0. The van der Waals surface area contributed by atoms with Gasteiger partial charge in [0.15, 0.2) is 5.78 Å². The Hall–Kier alpha value is -3.36. The number of hydrogen-bond acceptors (Lipinski definition) is 8. The molecule has 1 aliphatic carbocycles. The van der Waals surface area contributed by atoms with Crippen LogP contribution in [0.3, 0.4) is 0 Å². The van der Waals surface area contributed by atoms with Crippen LogP contribution >= 0.6 is 23.5 Å². The SMILES string of the molecule is CCOc1ccc(SC2=CC(=O)c3c(O)c(Sc4ccc(OCC)cc4)cc(O)c3C2=O)cc1. The molecule has 0 atom stereocenters. The Morgan fingerprint density at radius 3 is 1.82 bits per heavy atom. The second kappa shape index (κ2) is 10.3. The molecule has 174 valence electrons. The summed E-state index contributed by atoms with van der Waals surface area (Å²) in [4.78, 5) is 28.0. The summed E-state index contributed by atoms with van der Waals surface area (Å²) in [6.07, 6.45) is 1.20. The molecule has 1 aliphatic rings. The third kappa shape index (κ3) is 4.93. The van der Waals surface area contributed by atoms with Gasteiger partial charge in [-0.3, -0.25) is 9.59 Å². The molecule has 6 nitrogen and oxygen atoms in total. The maximum absolute atomic E-state index is 13.1. The highest BCUT2D eigenvalue weighted by molar-refractivity contribution is 8.04. The number of Topliss-reactive ketones (excluding diaryl/α,β-unsaturated/α-hetero) is 1. The maximum atomic E-state index is 13.1. The molecule has 0 aliphatic heterocycles. The van der Waals surface area contributed by atoms with E-state index in [9.17, 15) is 19.8 Å². The van der Waals surface area contributed by atoms with Crippen molar-refractivity contribution in [3.63, 3.8) is 0 Å². The molecule has 0 unspecified atom stereocenters. The van der Waals surface area contributed by atoms with Crippen LogP contribution in [0.1, 0.15) is 34.6 Å². The molecule has 0 spiro atoms.